The summed E-state index contributed by atoms with van der Waals surface area (Å²) < 4.78 is 0. The fourth-order valence-corrected chi connectivity index (χ4v) is 2.81. The van der Waals surface area contributed by atoms with Gasteiger partial charge in [-0.2, -0.15) is 0 Å². The van der Waals surface area contributed by atoms with Crippen LogP contribution in [0.4, 0.5) is 0 Å². The van der Waals surface area contributed by atoms with Crippen LogP contribution in [0.25, 0.3) is 0 Å². The maximum atomic E-state index is 12.2. The second kappa shape index (κ2) is 4.72. The second-order valence-corrected chi connectivity index (χ2v) is 5.44. The molecular weight excluding hydrogens is 202 g/mol. The molecule has 2 aliphatic rings. The lowest BCUT2D eigenvalue weighted by molar-refractivity contribution is -0.134. The third kappa shape index (κ3) is 2.38. The molecule has 2 fully saturated rings. The Kier molecular flexibility index (Phi) is 3.50. The van der Waals surface area contributed by atoms with E-state index >= 15 is 0 Å². The zero-order valence-corrected chi connectivity index (χ0v) is 10.4. The largest absolute Gasteiger partial charge is 0.342 e. The van der Waals surface area contributed by atoms with Crippen LogP contribution in [-0.2, 0) is 4.79 Å². The first-order chi connectivity index (χ1) is 7.58. The number of amides is 1. The van der Waals surface area contributed by atoms with Crippen LogP contribution in [0.3, 0.4) is 0 Å². The van der Waals surface area contributed by atoms with Crippen molar-refractivity contribution in [3.8, 4) is 0 Å². The Bertz CT molecular complexity index is 267. The summed E-state index contributed by atoms with van der Waals surface area (Å²) in [6.07, 6.45) is 2.10. The van der Waals surface area contributed by atoms with Crippen LogP contribution in [0.15, 0.2) is 0 Å². The maximum absolute atomic E-state index is 12.2. The molecule has 16 heavy (non-hydrogen) atoms. The van der Waals surface area contributed by atoms with Gasteiger partial charge in [0.2, 0.25) is 5.91 Å². The highest BCUT2D eigenvalue weighted by atomic mass is 16.2. The van der Waals surface area contributed by atoms with Gasteiger partial charge in [0.25, 0.3) is 0 Å². The second-order valence-electron chi connectivity index (χ2n) is 5.44. The highest BCUT2D eigenvalue weighted by Gasteiger charge is 2.34. The van der Waals surface area contributed by atoms with Crippen molar-refractivity contribution in [1.29, 1.82) is 0 Å². The molecule has 0 aromatic carbocycles. The first kappa shape index (κ1) is 11.9. The molecule has 92 valence electrons. The molecule has 0 saturated carbocycles. The number of likely N-dealkylation sites (tertiary alicyclic amines) is 2. The van der Waals surface area contributed by atoms with Crippen LogP contribution in [0.5, 0.6) is 0 Å². The van der Waals surface area contributed by atoms with Gasteiger partial charge in [0.15, 0.2) is 0 Å². The molecule has 2 aliphatic heterocycles. The average Bonchev–Trinajstić information content (AvgIpc) is 2.84. The normalized spacial score (nSPS) is 33.3. The summed E-state index contributed by atoms with van der Waals surface area (Å²) in [5.41, 5.74) is 5.89. The van der Waals surface area contributed by atoms with E-state index in [9.17, 15) is 4.79 Å². The van der Waals surface area contributed by atoms with Gasteiger partial charge in [-0.25, -0.2) is 0 Å². The standard InChI is InChI=1S/C12H23N3O/c1-9(13)10-4-6-15(8-10)12(16)11-3-5-14(2)7-11/h9-11H,3-8,13H2,1-2H3. The monoisotopic (exact) mass is 225 g/mol. The Morgan fingerprint density at radius 2 is 2.06 bits per heavy atom. The third-order valence-electron chi connectivity index (χ3n) is 4.02. The molecule has 0 radical (unpaired) electrons. The van der Waals surface area contributed by atoms with E-state index < -0.39 is 0 Å². The van der Waals surface area contributed by atoms with Crippen molar-refractivity contribution in [2.75, 3.05) is 33.2 Å². The molecule has 2 heterocycles. The van der Waals surface area contributed by atoms with Gasteiger partial charge in [0.05, 0.1) is 5.92 Å². The number of nitrogens with zero attached hydrogens (tertiary/aromatic N) is 2. The molecule has 3 atom stereocenters. The van der Waals surface area contributed by atoms with Gasteiger partial charge in [-0.15, -0.1) is 0 Å². The van der Waals surface area contributed by atoms with Gasteiger partial charge in [0, 0.05) is 25.7 Å². The van der Waals surface area contributed by atoms with E-state index in [1.165, 1.54) is 0 Å². The van der Waals surface area contributed by atoms with Crippen molar-refractivity contribution in [3.05, 3.63) is 0 Å². The number of hydrogen-bond donors (Lipinski definition) is 1. The van der Waals surface area contributed by atoms with Gasteiger partial charge in [0.1, 0.15) is 0 Å². The van der Waals surface area contributed by atoms with Crippen molar-refractivity contribution < 1.29 is 4.79 Å². The van der Waals surface area contributed by atoms with E-state index in [2.05, 4.69) is 11.9 Å². The van der Waals surface area contributed by atoms with Crippen LogP contribution < -0.4 is 5.73 Å². The van der Waals surface area contributed by atoms with Crippen molar-refractivity contribution in [3.63, 3.8) is 0 Å². The molecule has 0 bridgehead atoms. The van der Waals surface area contributed by atoms with Crippen molar-refractivity contribution in [2.24, 2.45) is 17.6 Å². The summed E-state index contributed by atoms with van der Waals surface area (Å²) >= 11 is 0. The maximum Gasteiger partial charge on any atom is 0.227 e. The number of nitrogens with two attached hydrogens (primary N) is 1. The zero-order valence-electron chi connectivity index (χ0n) is 10.4. The summed E-state index contributed by atoms with van der Waals surface area (Å²) in [7, 11) is 2.09. The van der Waals surface area contributed by atoms with E-state index in [1.807, 2.05) is 11.8 Å². The minimum atomic E-state index is 0.212. The van der Waals surface area contributed by atoms with Crippen molar-refractivity contribution in [1.82, 2.24) is 9.80 Å². The molecule has 0 spiro atoms. The Labute approximate surface area is 97.8 Å². The number of hydrogen-bond acceptors (Lipinski definition) is 3. The molecule has 1 amide bonds. The fourth-order valence-electron chi connectivity index (χ4n) is 2.81. The Morgan fingerprint density at radius 3 is 2.56 bits per heavy atom. The van der Waals surface area contributed by atoms with E-state index in [0.29, 0.717) is 11.8 Å². The lowest BCUT2D eigenvalue weighted by Gasteiger charge is -2.21. The topological polar surface area (TPSA) is 49.6 Å². The van der Waals surface area contributed by atoms with Gasteiger partial charge in [-0.05, 0) is 39.3 Å². The van der Waals surface area contributed by atoms with E-state index in [0.717, 1.165) is 39.0 Å². The summed E-state index contributed by atoms with van der Waals surface area (Å²) in [6, 6.07) is 0.212. The Morgan fingerprint density at radius 1 is 1.31 bits per heavy atom. The molecule has 2 N–H and O–H groups in total. The number of carbonyl (C=O) groups is 1. The molecule has 3 unspecified atom stereocenters. The van der Waals surface area contributed by atoms with Crippen LogP contribution in [0.1, 0.15) is 19.8 Å². The molecule has 4 nitrogen and oxygen atoms in total. The minimum Gasteiger partial charge on any atom is -0.342 e. The van der Waals surface area contributed by atoms with E-state index in [1.54, 1.807) is 0 Å². The van der Waals surface area contributed by atoms with E-state index in [-0.39, 0.29) is 12.0 Å². The van der Waals surface area contributed by atoms with Gasteiger partial charge < -0.3 is 15.5 Å². The quantitative estimate of drug-likeness (QED) is 0.727. The Hall–Kier alpha value is -0.610. The smallest absolute Gasteiger partial charge is 0.227 e. The van der Waals surface area contributed by atoms with E-state index in [4.69, 9.17) is 5.73 Å². The third-order valence-corrected chi connectivity index (χ3v) is 4.02. The molecule has 2 rings (SSSR count). The molecule has 0 aromatic heterocycles. The number of carbonyl (C=O) groups excluding carboxylic acids is 1. The molecule has 4 heteroatoms. The van der Waals surface area contributed by atoms with Crippen LogP contribution >= 0.6 is 0 Å². The van der Waals surface area contributed by atoms with Crippen molar-refractivity contribution in [2.45, 2.75) is 25.8 Å². The predicted octanol–water partition coefficient (Wildman–Crippen LogP) is 0.134. The predicted molar refractivity (Wildman–Crippen MR) is 63.9 cm³/mol. The van der Waals surface area contributed by atoms with Gasteiger partial charge >= 0.3 is 0 Å². The molecule has 0 aromatic rings. The summed E-state index contributed by atoms with van der Waals surface area (Å²) in [5, 5.41) is 0. The first-order valence-electron chi connectivity index (χ1n) is 6.31. The van der Waals surface area contributed by atoms with Crippen molar-refractivity contribution >= 4 is 5.91 Å². The summed E-state index contributed by atoms with van der Waals surface area (Å²) in [5.74, 6) is 1.09. The van der Waals surface area contributed by atoms with Gasteiger partial charge in [-0.1, -0.05) is 0 Å². The average molecular weight is 225 g/mol. The summed E-state index contributed by atoms with van der Waals surface area (Å²) in [6.45, 7) is 5.81. The highest BCUT2D eigenvalue weighted by Crippen LogP contribution is 2.23. The SMILES string of the molecule is CC(N)C1CCN(C(=O)C2CCN(C)C2)C1. The molecule has 2 saturated heterocycles. The fraction of sp³-hybridized carbons (Fsp3) is 0.917. The highest BCUT2D eigenvalue weighted by molar-refractivity contribution is 5.79. The summed E-state index contributed by atoms with van der Waals surface area (Å²) in [4.78, 5) is 16.5. The minimum absolute atomic E-state index is 0.212. The van der Waals surface area contributed by atoms with Gasteiger partial charge in [-0.3, -0.25) is 4.79 Å². The Balaban J connectivity index is 1.87. The zero-order chi connectivity index (χ0) is 11.7. The lowest BCUT2D eigenvalue weighted by Crippen LogP contribution is -2.37. The van der Waals surface area contributed by atoms with Crippen LogP contribution in [-0.4, -0.2) is 55.0 Å². The number of rotatable bonds is 2. The van der Waals surface area contributed by atoms with Crippen LogP contribution in [0, 0.1) is 11.8 Å². The molecular formula is C12H23N3O. The molecule has 0 aliphatic carbocycles. The van der Waals surface area contributed by atoms with Crippen LogP contribution in [0.2, 0.25) is 0 Å². The first-order valence-corrected chi connectivity index (χ1v) is 6.31. The lowest BCUT2D eigenvalue weighted by atomic mass is 10.0.